The highest BCUT2D eigenvalue weighted by molar-refractivity contribution is 5.99. The van der Waals surface area contributed by atoms with Gasteiger partial charge in [-0.3, -0.25) is 9.59 Å². The van der Waals surface area contributed by atoms with Crippen LogP contribution in [0.1, 0.15) is 18.9 Å². The van der Waals surface area contributed by atoms with Gasteiger partial charge in [-0.15, -0.1) is 0 Å². The molecule has 4 nitrogen and oxygen atoms in total. The molecular formula is C15H20NO3+. The Balaban J connectivity index is 1.90. The van der Waals surface area contributed by atoms with Crippen molar-refractivity contribution in [3.63, 3.8) is 0 Å². The maximum atomic E-state index is 12.0. The Morgan fingerprint density at radius 1 is 1.37 bits per heavy atom. The number of nitrogens with one attached hydrogen (secondary N) is 1. The average Bonchev–Trinajstić information content (AvgIpc) is 2.40. The van der Waals surface area contributed by atoms with Crippen LogP contribution in [0.5, 0.6) is 0 Å². The Bertz CT molecular complexity index is 444. The molecule has 0 aliphatic carbocycles. The largest absolute Gasteiger partial charge is 0.465 e. The van der Waals surface area contributed by atoms with Gasteiger partial charge in [-0.1, -0.05) is 30.3 Å². The maximum Gasteiger partial charge on any atom is 0.316 e. The van der Waals surface area contributed by atoms with Crippen LogP contribution < -0.4 is 4.90 Å². The predicted octanol–water partition coefficient (Wildman–Crippen LogP) is 0.224. The number of quaternary nitrogens is 1. The van der Waals surface area contributed by atoms with Gasteiger partial charge in [0.1, 0.15) is 19.0 Å². The summed E-state index contributed by atoms with van der Waals surface area (Å²) in [5.41, 5.74) is 1.22. The number of esters is 1. The summed E-state index contributed by atoms with van der Waals surface area (Å²) < 4.78 is 4.94. The number of carbonyl (C=O) groups is 2. The Labute approximate surface area is 113 Å². The summed E-state index contributed by atoms with van der Waals surface area (Å²) in [6.07, 6.45) is 0.597. The molecule has 1 aliphatic heterocycles. The number of benzene rings is 1. The van der Waals surface area contributed by atoms with Crippen LogP contribution in [0.4, 0.5) is 0 Å². The standard InChI is InChI=1S/C15H19NO3/c1-2-19-15(18)13-8-9-16(11-14(13)17)10-12-6-4-3-5-7-12/h3-7,13H,2,8-11H2,1H3/p+1. The topological polar surface area (TPSA) is 47.8 Å². The van der Waals surface area contributed by atoms with Crippen molar-refractivity contribution in [1.29, 1.82) is 0 Å². The van der Waals surface area contributed by atoms with Crippen molar-refractivity contribution in [3.05, 3.63) is 35.9 Å². The van der Waals surface area contributed by atoms with Crippen LogP contribution in [0.15, 0.2) is 30.3 Å². The van der Waals surface area contributed by atoms with Crippen LogP contribution in [0, 0.1) is 5.92 Å². The van der Waals surface area contributed by atoms with E-state index in [0.717, 1.165) is 13.1 Å². The van der Waals surface area contributed by atoms with Gasteiger partial charge in [0.15, 0.2) is 0 Å². The van der Waals surface area contributed by atoms with E-state index >= 15 is 0 Å². The molecule has 19 heavy (non-hydrogen) atoms. The van der Waals surface area contributed by atoms with Crippen LogP contribution in [-0.4, -0.2) is 31.4 Å². The molecule has 102 valence electrons. The number of hydrogen-bond donors (Lipinski definition) is 1. The number of carbonyl (C=O) groups excluding carboxylic acids is 2. The van der Waals surface area contributed by atoms with Gasteiger partial charge in [0.2, 0.25) is 5.78 Å². The van der Waals surface area contributed by atoms with Gasteiger partial charge < -0.3 is 9.64 Å². The Hall–Kier alpha value is -1.68. The summed E-state index contributed by atoms with van der Waals surface area (Å²) in [4.78, 5) is 24.8. The second-order valence-corrected chi connectivity index (χ2v) is 4.90. The van der Waals surface area contributed by atoms with Gasteiger partial charge in [0.25, 0.3) is 0 Å². The van der Waals surface area contributed by atoms with Crippen molar-refractivity contribution >= 4 is 11.8 Å². The van der Waals surface area contributed by atoms with Crippen molar-refractivity contribution in [2.75, 3.05) is 19.7 Å². The molecule has 1 N–H and O–H groups in total. The maximum absolute atomic E-state index is 12.0. The van der Waals surface area contributed by atoms with Crippen LogP contribution in [0.25, 0.3) is 0 Å². The quantitative estimate of drug-likeness (QED) is 0.624. The van der Waals surface area contributed by atoms with E-state index in [-0.39, 0.29) is 11.8 Å². The van der Waals surface area contributed by atoms with Crippen molar-refractivity contribution in [2.45, 2.75) is 19.9 Å². The molecule has 0 aromatic heterocycles. The first-order valence-corrected chi connectivity index (χ1v) is 6.77. The first kappa shape index (κ1) is 13.7. The first-order valence-electron chi connectivity index (χ1n) is 6.77. The summed E-state index contributed by atoms with van der Waals surface area (Å²) in [5, 5.41) is 0. The number of Topliss-reactive ketones (excluding diaryl/α,β-unsaturated/α-hetero) is 1. The second kappa shape index (κ2) is 6.48. The van der Waals surface area contributed by atoms with Gasteiger partial charge in [-0.25, -0.2) is 0 Å². The molecule has 0 bridgehead atoms. The zero-order valence-electron chi connectivity index (χ0n) is 11.2. The fourth-order valence-corrected chi connectivity index (χ4v) is 2.50. The molecule has 2 atom stereocenters. The third-order valence-corrected chi connectivity index (χ3v) is 3.47. The summed E-state index contributed by atoms with van der Waals surface area (Å²) in [6.45, 7) is 4.19. The second-order valence-electron chi connectivity index (χ2n) is 4.90. The molecule has 0 spiro atoms. The van der Waals surface area contributed by atoms with Crippen molar-refractivity contribution in [1.82, 2.24) is 0 Å². The zero-order chi connectivity index (χ0) is 13.7. The van der Waals surface area contributed by atoms with Crippen LogP contribution in [0.2, 0.25) is 0 Å². The molecule has 0 amide bonds. The van der Waals surface area contributed by atoms with Crippen molar-refractivity contribution < 1.29 is 19.2 Å². The lowest BCUT2D eigenvalue weighted by Crippen LogP contribution is -3.13. The Morgan fingerprint density at radius 2 is 2.11 bits per heavy atom. The van der Waals surface area contributed by atoms with Crippen LogP contribution >= 0.6 is 0 Å². The molecule has 1 heterocycles. The van der Waals surface area contributed by atoms with Crippen molar-refractivity contribution in [3.8, 4) is 0 Å². The summed E-state index contributed by atoms with van der Waals surface area (Å²) in [5.74, 6) is -0.888. The minimum absolute atomic E-state index is 0.00984. The summed E-state index contributed by atoms with van der Waals surface area (Å²) in [7, 11) is 0. The van der Waals surface area contributed by atoms with E-state index in [0.29, 0.717) is 19.6 Å². The molecule has 2 unspecified atom stereocenters. The monoisotopic (exact) mass is 262 g/mol. The fraction of sp³-hybridized carbons (Fsp3) is 0.467. The van der Waals surface area contributed by atoms with Gasteiger partial charge in [0.05, 0.1) is 13.2 Å². The van der Waals surface area contributed by atoms with Gasteiger partial charge in [-0.05, 0) is 6.92 Å². The normalized spacial score (nSPS) is 23.1. The van der Waals surface area contributed by atoms with E-state index in [1.54, 1.807) is 6.92 Å². The lowest BCUT2D eigenvalue weighted by Gasteiger charge is -2.27. The summed E-state index contributed by atoms with van der Waals surface area (Å²) in [6, 6.07) is 10.1. The van der Waals surface area contributed by atoms with Gasteiger partial charge in [0, 0.05) is 12.0 Å². The molecule has 1 saturated heterocycles. The molecule has 0 saturated carbocycles. The number of likely N-dealkylation sites (tertiary alicyclic amines) is 1. The van der Waals surface area contributed by atoms with Crippen LogP contribution in [0.3, 0.4) is 0 Å². The number of piperidine rings is 1. The number of ether oxygens (including phenoxy) is 1. The predicted molar refractivity (Wildman–Crippen MR) is 70.6 cm³/mol. The zero-order valence-corrected chi connectivity index (χ0v) is 11.2. The highest BCUT2D eigenvalue weighted by atomic mass is 16.5. The fourth-order valence-electron chi connectivity index (χ4n) is 2.50. The van der Waals surface area contributed by atoms with E-state index in [1.807, 2.05) is 18.2 Å². The van der Waals surface area contributed by atoms with E-state index in [4.69, 9.17) is 4.74 Å². The Morgan fingerprint density at radius 3 is 2.74 bits per heavy atom. The van der Waals surface area contributed by atoms with E-state index in [9.17, 15) is 9.59 Å². The highest BCUT2D eigenvalue weighted by Gasteiger charge is 2.35. The lowest BCUT2D eigenvalue weighted by molar-refractivity contribution is -0.909. The van der Waals surface area contributed by atoms with Gasteiger partial charge >= 0.3 is 5.97 Å². The molecule has 1 aliphatic rings. The molecule has 1 aromatic carbocycles. The van der Waals surface area contributed by atoms with Crippen LogP contribution in [-0.2, 0) is 20.9 Å². The first-order chi connectivity index (χ1) is 9.20. The van der Waals surface area contributed by atoms with Gasteiger partial charge in [-0.2, -0.15) is 0 Å². The number of hydrogen-bond acceptors (Lipinski definition) is 3. The molecular weight excluding hydrogens is 242 g/mol. The number of ketones is 1. The molecule has 0 radical (unpaired) electrons. The van der Waals surface area contributed by atoms with E-state index < -0.39 is 5.92 Å². The third-order valence-electron chi connectivity index (χ3n) is 3.47. The minimum Gasteiger partial charge on any atom is -0.465 e. The Kier molecular flexibility index (Phi) is 4.68. The molecule has 4 heteroatoms. The van der Waals surface area contributed by atoms with Crippen molar-refractivity contribution in [2.24, 2.45) is 5.92 Å². The van der Waals surface area contributed by atoms with E-state index in [1.165, 1.54) is 10.5 Å². The average molecular weight is 262 g/mol. The number of rotatable bonds is 4. The SMILES string of the molecule is CCOC(=O)C1CC[NH+](Cc2ccccc2)CC1=O. The molecule has 1 fully saturated rings. The minimum atomic E-state index is -0.542. The third kappa shape index (κ3) is 3.64. The molecule has 2 rings (SSSR count). The summed E-state index contributed by atoms with van der Waals surface area (Å²) >= 11 is 0. The lowest BCUT2D eigenvalue weighted by atomic mass is 9.95. The smallest absolute Gasteiger partial charge is 0.316 e. The highest BCUT2D eigenvalue weighted by Crippen LogP contribution is 2.09. The van der Waals surface area contributed by atoms with E-state index in [2.05, 4.69) is 12.1 Å². The molecule has 1 aromatic rings.